The summed E-state index contributed by atoms with van der Waals surface area (Å²) in [4.78, 5) is 144. The van der Waals surface area contributed by atoms with E-state index in [1.165, 1.54) is 62.3 Å². The fourth-order valence-electron chi connectivity index (χ4n) is 10.7. The summed E-state index contributed by atoms with van der Waals surface area (Å²) >= 11 is 0. The third-order valence-corrected chi connectivity index (χ3v) is 18.7. The van der Waals surface area contributed by atoms with Crippen molar-refractivity contribution in [3.8, 4) is 0 Å². The molecule has 0 saturated heterocycles. The highest BCUT2D eigenvalue weighted by molar-refractivity contribution is 5.86. The molecule has 1 N–H and O–H groups in total. The van der Waals surface area contributed by atoms with E-state index in [9.17, 15) is 212 Å². The maximum Gasteiger partial charge on any atom is 0.434 e. The topological polar surface area (TPSA) is 336 Å². The predicted molar refractivity (Wildman–Crippen MR) is 376 cm³/mol. The lowest BCUT2D eigenvalue weighted by molar-refractivity contribution is -0.317. The summed E-state index contributed by atoms with van der Waals surface area (Å²) < 4.78 is 474. The summed E-state index contributed by atoms with van der Waals surface area (Å²) in [5, 5.41) is 9.54. The van der Waals surface area contributed by atoms with Crippen LogP contribution in [-0.4, -0.2) is 227 Å². The van der Waals surface area contributed by atoms with Crippen LogP contribution in [0.15, 0.2) is 0 Å². The number of esters is 12. The second-order valence-electron chi connectivity index (χ2n) is 32.1. The number of aliphatic hydroxyl groups excluding tert-OH is 1. The monoisotopic (exact) mass is 2030 g/mol. The molecule has 0 aromatic carbocycles. The van der Waals surface area contributed by atoms with Crippen LogP contribution < -0.4 is 0 Å². The lowest BCUT2D eigenvalue weighted by Gasteiger charge is -2.36. The van der Waals surface area contributed by atoms with Crippen LogP contribution in [-0.2, 0) is 114 Å². The van der Waals surface area contributed by atoms with Crippen molar-refractivity contribution in [2.45, 2.75) is 319 Å². The lowest BCUT2D eigenvalue weighted by atomic mass is 9.70. The molecule has 0 aliphatic rings. The van der Waals surface area contributed by atoms with Gasteiger partial charge < -0.3 is 61.9 Å². The first-order valence-electron chi connectivity index (χ1n) is 38.2. The SMILES string of the molecule is CCC(C)(CC(C)(C)C(=O)OC(C)C(=O)OC(C(F)(F)F)C(F)(F)F)C(=O)OCC(F)(F)F.CCC(C)(CC(C)(C)C(=O)OCC(=O)OC(C(F)(F)F)C(F)(F)F)C(=O)OC(C)C(F)F.CCC(C)(CC(C)(CC)C(=O)OC(O)C(=O)OC(C(F)(F)F)C(F)(F)F)C(=O)OCC(F)(F)CC(F)(F)F.CCC(CC(C)(CC)C(=O)OCC(=O)OCC(F)(F)F)C(=O)OC(C)CC(F)(F)F. The molecule has 10 unspecified atom stereocenters. The van der Waals surface area contributed by atoms with Crippen molar-refractivity contribution >= 4 is 71.6 Å². The summed E-state index contributed by atoms with van der Waals surface area (Å²) in [7, 11) is 0. The molecule has 0 fully saturated rings. The van der Waals surface area contributed by atoms with Crippen LogP contribution in [0.1, 0.15) is 202 Å². The second-order valence-corrected chi connectivity index (χ2v) is 32.1. The van der Waals surface area contributed by atoms with Crippen molar-refractivity contribution in [1.82, 2.24) is 0 Å². The predicted octanol–water partition coefficient (Wildman–Crippen LogP) is 19.1. The number of rotatable bonds is 42. The van der Waals surface area contributed by atoms with E-state index < -0.39 is 291 Å². The standard InChI is InChI=1S/C20H25F11O7.C18H23F9O6.C18H24F8O6.C18H26F6O6/c1-5-15(3,13(34)36-9-17(21,22)8-18(23,24)25)7-16(4,6-2)14(35)38-11(33)10(32)37-12(19(26,27)28)20(29,30)31;1-6-15(5,13(30)31-8-16(19,20)21)7-14(3,4)12(29)32-9(2)10(28)33-11(17(22,23)24)18(25,26)27;1-6-16(5,14(29)31-9(2)11(19)20)8-15(3,4)13(28)30-7-10(27)32-12(17(21,22)23)18(24,25)26;1-5-12(14(26)30-11(3)7-17(19,20)21)8-16(4,6-2)15(27)28-9-13(25)29-10-18(22,23)24/h11-12,33H,5-9H2,1-4H3;9,11H,6-8H2,1-5H3;9,11-12H,6-8H2,1-5H3;11-12H,5-10H2,1-4H3. The Labute approximate surface area is 734 Å². The Kier molecular flexibility index (Phi) is 49.4. The van der Waals surface area contributed by atoms with E-state index in [2.05, 4.69) is 47.4 Å². The van der Waals surface area contributed by atoms with E-state index in [1.807, 2.05) is 0 Å². The van der Waals surface area contributed by atoms with Gasteiger partial charge in [0.1, 0.15) is 12.5 Å². The zero-order valence-electron chi connectivity index (χ0n) is 73.3. The molecule has 0 aromatic heterocycles. The van der Waals surface area contributed by atoms with Crippen molar-refractivity contribution in [2.24, 2.45) is 43.8 Å². The van der Waals surface area contributed by atoms with E-state index in [1.54, 1.807) is 13.8 Å². The van der Waals surface area contributed by atoms with Crippen LogP contribution in [0.4, 0.5) is 149 Å². The number of hydrogen-bond donors (Lipinski definition) is 1. The average Bonchev–Trinajstić information content (AvgIpc) is 0.795. The van der Waals surface area contributed by atoms with Gasteiger partial charge in [-0.3, -0.25) is 38.4 Å². The smallest absolute Gasteiger partial charge is 0.434 e. The molecule has 0 bridgehead atoms. The molecule has 0 spiro atoms. The van der Waals surface area contributed by atoms with Crippen molar-refractivity contribution in [3.05, 3.63) is 0 Å². The molecule has 133 heavy (non-hydrogen) atoms. The molecule has 782 valence electrons. The van der Waals surface area contributed by atoms with Crippen molar-refractivity contribution in [3.63, 3.8) is 0 Å². The molecule has 0 rings (SSSR count). The van der Waals surface area contributed by atoms with Gasteiger partial charge in [-0.2, -0.15) is 132 Å². The highest BCUT2D eigenvalue weighted by Crippen LogP contribution is 2.47. The zero-order chi connectivity index (χ0) is 107. The molecular formula is C74H98F34O25. The number of alkyl halides is 34. The molecule has 0 aliphatic carbocycles. The van der Waals surface area contributed by atoms with Gasteiger partial charge in [0, 0.05) is 0 Å². The van der Waals surface area contributed by atoms with Gasteiger partial charge in [0.25, 0.3) is 36.9 Å². The first-order valence-corrected chi connectivity index (χ1v) is 38.2. The molecule has 0 heterocycles. The summed E-state index contributed by atoms with van der Waals surface area (Å²) in [6.45, 7) is 13.8. The van der Waals surface area contributed by atoms with Gasteiger partial charge in [-0.15, -0.1) is 0 Å². The van der Waals surface area contributed by atoms with E-state index in [-0.39, 0.29) is 51.4 Å². The minimum absolute atomic E-state index is 0.0272. The molecule has 0 amide bonds. The average molecular weight is 2030 g/mol. The molecule has 25 nitrogen and oxygen atoms in total. The van der Waals surface area contributed by atoms with Crippen LogP contribution >= 0.6 is 0 Å². The second kappa shape index (κ2) is 50.3. The Morgan fingerprint density at radius 3 is 0.977 bits per heavy atom. The number of ether oxygens (including phenoxy) is 12. The van der Waals surface area contributed by atoms with Gasteiger partial charge in [0.15, 0.2) is 45.2 Å². The summed E-state index contributed by atoms with van der Waals surface area (Å²) in [6, 6.07) is 0. The maximum absolute atomic E-state index is 13.5. The third kappa shape index (κ3) is 49.0. The summed E-state index contributed by atoms with van der Waals surface area (Å²) in [5.41, 5.74) is -11.6. The number of aliphatic hydroxyl groups is 1. The Hall–Kier alpha value is -8.78. The Morgan fingerprint density at radius 1 is 0.293 bits per heavy atom. The summed E-state index contributed by atoms with van der Waals surface area (Å²) in [6.07, 6.45) is -86.4. The highest BCUT2D eigenvalue weighted by atomic mass is 19.5. The number of hydrogen-bond acceptors (Lipinski definition) is 25. The highest BCUT2D eigenvalue weighted by Gasteiger charge is 2.64. The fourth-order valence-corrected chi connectivity index (χ4v) is 10.7. The third-order valence-electron chi connectivity index (χ3n) is 18.7. The summed E-state index contributed by atoms with van der Waals surface area (Å²) in [5.74, 6) is -23.5. The van der Waals surface area contributed by atoms with Crippen molar-refractivity contribution in [2.75, 3.05) is 33.0 Å². The fraction of sp³-hybridized carbons (Fsp3) is 0.838. The Morgan fingerprint density at radius 2 is 0.617 bits per heavy atom. The lowest BCUT2D eigenvalue weighted by Crippen LogP contribution is -2.48. The van der Waals surface area contributed by atoms with E-state index in [0.29, 0.717) is 6.92 Å². The van der Waals surface area contributed by atoms with E-state index in [0.717, 1.165) is 41.5 Å². The molecule has 59 heteroatoms. The quantitative estimate of drug-likeness (QED) is 0.0257. The molecule has 0 saturated carbocycles. The first kappa shape index (κ1) is 130. The van der Waals surface area contributed by atoms with Gasteiger partial charge in [0.05, 0.1) is 50.2 Å². The minimum atomic E-state index is -6.13. The van der Waals surface area contributed by atoms with Crippen LogP contribution in [0.3, 0.4) is 0 Å². The number of carbonyl (C=O) groups is 12. The molecule has 10 atom stereocenters. The first-order chi connectivity index (χ1) is 58.9. The molecule has 0 radical (unpaired) electrons. The largest absolute Gasteiger partial charge is 0.462 e. The molecule has 0 aromatic rings. The molecular weight excluding hydrogens is 1930 g/mol. The van der Waals surface area contributed by atoms with Crippen LogP contribution in [0, 0.1) is 43.8 Å². The van der Waals surface area contributed by atoms with Gasteiger partial charge >= 0.3 is 133 Å². The Bertz CT molecular complexity index is 3710. The Balaban J connectivity index is -0.000000837. The van der Waals surface area contributed by atoms with Gasteiger partial charge in [-0.1, -0.05) is 41.5 Å². The van der Waals surface area contributed by atoms with Crippen LogP contribution in [0.2, 0.25) is 0 Å². The van der Waals surface area contributed by atoms with Crippen LogP contribution in [0.25, 0.3) is 0 Å². The van der Waals surface area contributed by atoms with Crippen molar-refractivity contribution in [1.29, 1.82) is 0 Å². The van der Waals surface area contributed by atoms with E-state index in [4.69, 9.17) is 9.47 Å². The van der Waals surface area contributed by atoms with Gasteiger partial charge in [-0.05, 0) is 147 Å². The van der Waals surface area contributed by atoms with Crippen molar-refractivity contribution < 1.29 is 269 Å². The molecule has 0 aliphatic heterocycles. The number of carbonyl (C=O) groups excluding carboxylic acids is 12. The minimum Gasteiger partial charge on any atom is -0.462 e. The van der Waals surface area contributed by atoms with Gasteiger partial charge in [-0.25, -0.2) is 36.7 Å². The maximum atomic E-state index is 13.5. The zero-order valence-corrected chi connectivity index (χ0v) is 73.3. The number of halogens is 34. The van der Waals surface area contributed by atoms with Gasteiger partial charge in [0.2, 0.25) is 0 Å². The van der Waals surface area contributed by atoms with Crippen LogP contribution in [0.5, 0.6) is 0 Å². The van der Waals surface area contributed by atoms with E-state index >= 15 is 0 Å². The normalized spacial score (nSPS) is 16.4.